The average molecular weight is 281 g/mol. The van der Waals surface area contributed by atoms with Crippen molar-refractivity contribution in [3.8, 4) is 0 Å². The lowest BCUT2D eigenvalue weighted by atomic mass is 9.96. The Labute approximate surface area is 121 Å². The molecule has 1 saturated heterocycles. The van der Waals surface area contributed by atoms with Crippen LogP contribution < -0.4 is 11.1 Å². The molecule has 0 bridgehead atoms. The second kappa shape index (κ2) is 6.31. The normalized spacial score (nSPS) is 31.0. The van der Waals surface area contributed by atoms with Gasteiger partial charge in [0.2, 0.25) is 0 Å². The van der Waals surface area contributed by atoms with Crippen molar-refractivity contribution in [1.82, 2.24) is 5.32 Å². The van der Waals surface area contributed by atoms with Crippen LogP contribution in [0, 0.1) is 0 Å². The molecule has 1 heterocycles. The molecule has 3 aliphatic rings. The van der Waals surface area contributed by atoms with Crippen LogP contribution in [0.5, 0.6) is 0 Å². The average Bonchev–Trinajstić information content (AvgIpc) is 3.08. The number of rotatable bonds is 3. The van der Waals surface area contributed by atoms with Crippen molar-refractivity contribution in [2.75, 3.05) is 13.2 Å². The second-order valence-electron chi connectivity index (χ2n) is 6.37. The van der Waals surface area contributed by atoms with E-state index in [1.807, 2.05) is 0 Å². The summed E-state index contributed by atoms with van der Waals surface area (Å²) in [7, 11) is 0. The van der Waals surface area contributed by atoms with Crippen LogP contribution in [0.15, 0.2) is 4.99 Å². The molecule has 2 aliphatic carbocycles. The van der Waals surface area contributed by atoms with Gasteiger partial charge >= 0.3 is 0 Å². The maximum atomic E-state index is 6.04. The number of hydrogen-bond acceptors (Lipinski definition) is 3. The molecule has 0 radical (unpaired) electrons. The lowest BCUT2D eigenvalue weighted by Crippen LogP contribution is -2.41. The molecule has 3 N–H and O–H groups in total. The molecule has 0 aromatic carbocycles. The van der Waals surface area contributed by atoms with Crippen LogP contribution in [0.1, 0.15) is 57.8 Å². The van der Waals surface area contributed by atoms with Crippen LogP contribution in [-0.4, -0.2) is 37.0 Å². The topological polar surface area (TPSA) is 68.9 Å². The van der Waals surface area contributed by atoms with Crippen molar-refractivity contribution in [3.05, 3.63) is 0 Å². The molecule has 0 aromatic rings. The highest BCUT2D eigenvalue weighted by molar-refractivity contribution is 5.78. The molecule has 5 nitrogen and oxygen atoms in total. The summed E-state index contributed by atoms with van der Waals surface area (Å²) in [5.74, 6) is 0.277. The fourth-order valence-corrected chi connectivity index (χ4v) is 3.58. The van der Waals surface area contributed by atoms with Gasteiger partial charge in [0.15, 0.2) is 11.7 Å². The molecule has 5 heteroatoms. The molecule has 1 unspecified atom stereocenters. The first-order chi connectivity index (χ1) is 9.76. The standard InChI is InChI=1S/C15H27N3O2/c16-14(18-12-6-2-1-3-7-12)17-10-13-11-19-15(20-13)8-4-5-9-15/h12-13H,1-11H2,(H3,16,17,18). The molecular weight excluding hydrogens is 254 g/mol. The third kappa shape index (κ3) is 3.44. The van der Waals surface area contributed by atoms with Gasteiger partial charge in [0, 0.05) is 18.9 Å². The van der Waals surface area contributed by atoms with Gasteiger partial charge in [-0.1, -0.05) is 19.3 Å². The zero-order chi connectivity index (χ0) is 13.8. The molecule has 1 aliphatic heterocycles. The molecule has 0 aromatic heterocycles. The minimum Gasteiger partial charge on any atom is -0.370 e. The third-order valence-corrected chi connectivity index (χ3v) is 4.70. The van der Waals surface area contributed by atoms with E-state index in [1.165, 1.54) is 44.9 Å². The Bertz CT molecular complexity index is 347. The van der Waals surface area contributed by atoms with E-state index >= 15 is 0 Å². The highest BCUT2D eigenvalue weighted by Gasteiger charge is 2.43. The molecular formula is C15H27N3O2. The Kier molecular flexibility index (Phi) is 4.46. The Balaban J connectivity index is 1.42. The lowest BCUT2D eigenvalue weighted by molar-refractivity contribution is -0.160. The van der Waals surface area contributed by atoms with E-state index in [4.69, 9.17) is 15.2 Å². The monoisotopic (exact) mass is 281 g/mol. The lowest BCUT2D eigenvalue weighted by Gasteiger charge is -2.23. The predicted octanol–water partition coefficient (Wildman–Crippen LogP) is 1.91. The smallest absolute Gasteiger partial charge is 0.188 e. The van der Waals surface area contributed by atoms with Gasteiger partial charge in [0.05, 0.1) is 13.2 Å². The maximum Gasteiger partial charge on any atom is 0.188 e. The number of nitrogens with two attached hydrogens (primary N) is 1. The molecule has 2 saturated carbocycles. The summed E-state index contributed by atoms with van der Waals surface area (Å²) in [6.07, 6.45) is 10.9. The van der Waals surface area contributed by atoms with Crippen molar-refractivity contribution >= 4 is 5.96 Å². The van der Waals surface area contributed by atoms with Gasteiger partial charge in [-0.15, -0.1) is 0 Å². The Morgan fingerprint density at radius 1 is 1.15 bits per heavy atom. The molecule has 114 valence electrons. The summed E-state index contributed by atoms with van der Waals surface area (Å²) in [4.78, 5) is 4.43. The highest BCUT2D eigenvalue weighted by atomic mass is 16.7. The first-order valence-electron chi connectivity index (χ1n) is 8.14. The van der Waals surface area contributed by atoms with Crippen molar-refractivity contribution in [2.45, 2.75) is 75.7 Å². The molecule has 1 atom stereocenters. The van der Waals surface area contributed by atoms with Gasteiger partial charge in [0.25, 0.3) is 0 Å². The van der Waals surface area contributed by atoms with E-state index in [0.29, 0.717) is 25.2 Å². The number of nitrogens with one attached hydrogen (secondary N) is 1. The predicted molar refractivity (Wildman–Crippen MR) is 78.5 cm³/mol. The number of hydrogen-bond donors (Lipinski definition) is 2. The van der Waals surface area contributed by atoms with Crippen molar-refractivity contribution in [2.24, 2.45) is 10.7 Å². The summed E-state index contributed by atoms with van der Waals surface area (Å²) >= 11 is 0. The van der Waals surface area contributed by atoms with Crippen LogP contribution in [0.4, 0.5) is 0 Å². The summed E-state index contributed by atoms with van der Waals surface area (Å²) in [6, 6.07) is 0.509. The van der Waals surface area contributed by atoms with Crippen LogP contribution in [0.25, 0.3) is 0 Å². The minimum atomic E-state index is -0.286. The minimum absolute atomic E-state index is 0.0693. The zero-order valence-corrected chi connectivity index (χ0v) is 12.3. The quantitative estimate of drug-likeness (QED) is 0.612. The summed E-state index contributed by atoms with van der Waals surface area (Å²) in [5.41, 5.74) is 5.97. The van der Waals surface area contributed by atoms with Gasteiger partial charge < -0.3 is 20.5 Å². The zero-order valence-electron chi connectivity index (χ0n) is 12.3. The van der Waals surface area contributed by atoms with Crippen molar-refractivity contribution in [3.63, 3.8) is 0 Å². The van der Waals surface area contributed by atoms with Crippen molar-refractivity contribution < 1.29 is 9.47 Å². The summed E-state index contributed by atoms with van der Waals surface area (Å²) < 4.78 is 11.9. The van der Waals surface area contributed by atoms with Crippen LogP contribution in [-0.2, 0) is 9.47 Å². The second-order valence-corrected chi connectivity index (χ2v) is 6.37. The molecule has 0 amide bonds. The SMILES string of the molecule is NC(=NCC1COC2(CCCC2)O1)NC1CCCCC1. The highest BCUT2D eigenvalue weighted by Crippen LogP contribution is 2.39. The van der Waals surface area contributed by atoms with Crippen LogP contribution >= 0.6 is 0 Å². The van der Waals surface area contributed by atoms with E-state index in [1.54, 1.807) is 0 Å². The van der Waals surface area contributed by atoms with Gasteiger partial charge in [-0.05, 0) is 25.7 Å². The molecule has 3 fully saturated rings. The number of aliphatic imine (C=N–C) groups is 1. The van der Waals surface area contributed by atoms with Crippen molar-refractivity contribution in [1.29, 1.82) is 0 Å². The fraction of sp³-hybridized carbons (Fsp3) is 0.933. The Hall–Kier alpha value is -0.810. The number of ether oxygens (including phenoxy) is 2. The first kappa shape index (κ1) is 14.1. The van der Waals surface area contributed by atoms with Gasteiger partial charge in [0.1, 0.15) is 6.10 Å². The van der Waals surface area contributed by atoms with Crippen LogP contribution in [0.3, 0.4) is 0 Å². The van der Waals surface area contributed by atoms with Gasteiger partial charge in [-0.25, -0.2) is 0 Å². The van der Waals surface area contributed by atoms with E-state index in [-0.39, 0.29) is 11.9 Å². The number of guanidine groups is 1. The summed E-state index contributed by atoms with van der Waals surface area (Å²) in [5, 5.41) is 3.34. The first-order valence-corrected chi connectivity index (χ1v) is 8.14. The third-order valence-electron chi connectivity index (χ3n) is 4.70. The van der Waals surface area contributed by atoms with E-state index in [9.17, 15) is 0 Å². The molecule has 20 heavy (non-hydrogen) atoms. The maximum absolute atomic E-state index is 6.04. The van der Waals surface area contributed by atoms with E-state index in [0.717, 1.165) is 12.8 Å². The Morgan fingerprint density at radius 3 is 2.65 bits per heavy atom. The van der Waals surface area contributed by atoms with E-state index < -0.39 is 0 Å². The summed E-state index contributed by atoms with van der Waals surface area (Å²) in [6.45, 7) is 1.26. The fourth-order valence-electron chi connectivity index (χ4n) is 3.58. The van der Waals surface area contributed by atoms with Crippen LogP contribution in [0.2, 0.25) is 0 Å². The number of nitrogens with zero attached hydrogens (tertiary/aromatic N) is 1. The van der Waals surface area contributed by atoms with Gasteiger partial charge in [-0.3, -0.25) is 4.99 Å². The van der Waals surface area contributed by atoms with Gasteiger partial charge in [-0.2, -0.15) is 0 Å². The molecule has 1 spiro atoms. The van der Waals surface area contributed by atoms with E-state index in [2.05, 4.69) is 10.3 Å². The molecule has 3 rings (SSSR count). The largest absolute Gasteiger partial charge is 0.370 e. The Morgan fingerprint density at radius 2 is 1.90 bits per heavy atom.